The van der Waals surface area contributed by atoms with Crippen LogP contribution in [0, 0.1) is 11.3 Å². The molecule has 0 saturated heterocycles. The molecule has 1 aromatic heterocycles. The number of nitriles is 1. The van der Waals surface area contributed by atoms with E-state index in [0.29, 0.717) is 15.5 Å². The van der Waals surface area contributed by atoms with Gasteiger partial charge in [-0.3, -0.25) is 0 Å². The van der Waals surface area contributed by atoms with Gasteiger partial charge in [-0.15, -0.1) is 11.3 Å². The van der Waals surface area contributed by atoms with E-state index in [1.165, 1.54) is 11.3 Å². The van der Waals surface area contributed by atoms with Crippen molar-refractivity contribution in [1.82, 2.24) is 0 Å². The third-order valence-corrected chi connectivity index (χ3v) is 4.80. The molecular weight excluding hydrogens is 318 g/mol. The van der Waals surface area contributed by atoms with Gasteiger partial charge >= 0.3 is 5.97 Å². The second-order valence-electron chi connectivity index (χ2n) is 4.63. The second kappa shape index (κ2) is 6.18. The fourth-order valence-corrected chi connectivity index (χ4v) is 3.49. The molecular formula is C17H10ClNO2S. The van der Waals surface area contributed by atoms with Crippen LogP contribution in [0.2, 0.25) is 5.02 Å². The van der Waals surface area contributed by atoms with Gasteiger partial charge < -0.3 is 4.74 Å². The zero-order valence-electron chi connectivity index (χ0n) is 11.4. The van der Waals surface area contributed by atoms with Crippen molar-refractivity contribution in [2.24, 2.45) is 0 Å². The van der Waals surface area contributed by atoms with Gasteiger partial charge in [0.05, 0.1) is 16.7 Å². The molecule has 1 heterocycles. The Labute approximate surface area is 136 Å². The van der Waals surface area contributed by atoms with Gasteiger partial charge in [0.25, 0.3) is 0 Å². The van der Waals surface area contributed by atoms with E-state index < -0.39 is 5.97 Å². The van der Waals surface area contributed by atoms with Crippen LogP contribution in [0.25, 0.3) is 10.1 Å². The summed E-state index contributed by atoms with van der Waals surface area (Å²) < 4.78 is 6.25. The quantitative estimate of drug-likeness (QED) is 0.650. The third-order valence-electron chi connectivity index (χ3n) is 3.15. The van der Waals surface area contributed by atoms with Crippen LogP contribution in [0.5, 0.6) is 0 Å². The average Bonchev–Trinajstić information content (AvgIpc) is 2.90. The highest BCUT2D eigenvalue weighted by molar-refractivity contribution is 7.21. The van der Waals surface area contributed by atoms with Crippen LogP contribution in [0.3, 0.4) is 0 Å². The first kappa shape index (κ1) is 14.6. The van der Waals surface area contributed by atoms with Crippen molar-refractivity contribution in [2.45, 2.75) is 6.61 Å². The van der Waals surface area contributed by atoms with Crippen molar-refractivity contribution in [3.8, 4) is 6.07 Å². The summed E-state index contributed by atoms with van der Waals surface area (Å²) in [4.78, 5) is 12.6. The predicted molar refractivity (Wildman–Crippen MR) is 87.1 cm³/mol. The van der Waals surface area contributed by atoms with Gasteiger partial charge in [0.15, 0.2) is 0 Å². The molecule has 0 atom stereocenters. The topological polar surface area (TPSA) is 50.1 Å². The smallest absolute Gasteiger partial charge is 0.350 e. The van der Waals surface area contributed by atoms with Gasteiger partial charge in [-0.2, -0.15) is 5.26 Å². The summed E-state index contributed by atoms with van der Waals surface area (Å²) in [5.41, 5.74) is 1.30. The minimum absolute atomic E-state index is 0.110. The number of ether oxygens (including phenoxy) is 1. The minimum Gasteiger partial charge on any atom is -0.457 e. The number of esters is 1. The maximum atomic E-state index is 12.2. The van der Waals surface area contributed by atoms with E-state index in [1.807, 2.05) is 24.3 Å². The van der Waals surface area contributed by atoms with Crippen LogP contribution in [-0.4, -0.2) is 5.97 Å². The fraction of sp³-hybridized carbons (Fsp3) is 0.0588. The molecule has 0 aliphatic carbocycles. The molecule has 0 saturated carbocycles. The second-order valence-corrected chi connectivity index (χ2v) is 6.06. The number of thiophene rings is 1. The third kappa shape index (κ3) is 2.82. The highest BCUT2D eigenvalue weighted by Crippen LogP contribution is 2.35. The lowest BCUT2D eigenvalue weighted by molar-refractivity contribution is 0.0479. The van der Waals surface area contributed by atoms with Gasteiger partial charge in [-0.05, 0) is 23.8 Å². The summed E-state index contributed by atoms with van der Waals surface area (Å²) in [5, 5.41) is 10.1. The monoisotopic (exact) mass is 327 g/mol. The zero-order chi connectivity index (χ0) is 15.5. The lowest BCUT2D eigenvalue weighted by Gasteiger charge is -2.04. The van der Waals surface area contributed by atoms with Gasteiger partial charge in [-0.25, -0.2) is 4.79 Å². The summed E-state index contributed by atoms with van der Waals surface area (Å²) in [6.07, 6.45) is 0. The van der Waals surface area contributed by atoms with Crippen LogP contribution in [-0.2, 0) is 11.3 Å². The van der Waals surface area contributed by atoms with Crippen molar-refractivity contribution in [3.63, 3.8) is 0 Å². The van der Waals surface area contributed by atoms with E-state index in [1.54, 1.807) is 24.3 Å². The van der Waals surface area contributed by atoms with E-state index in [9.17, 15) is 4.79 Å². The number of hydrogen-bond donors (Lipinski definition) is 0. The van der Waals surface area contributed by atoms with Crippen LogP contribution in [0.1, 0.15) is 20.8 Å². The van der Waals surface area contributed by atoms with Gasteiger partial charge in [0.2, 0.25) is 0 Å². The van der Waals surface area contributed by atoms with E-state index in [4.69, 9.17) is 21.6 Å². The molecule has 22 heavy (non-hydrogen) atoms. The highest BCUT2D eigenvalue weighted by Gasteiger charge is 2.18. The van der Waals surface area contributed by atoms with Crippen LogP contribution >= 0.6 is 22.9 Å². The van der Waals surface area contributed by atoms with Gasteiger partial charge in [-0.1, -0.05) is 41.9 Å². The Kier molecular flexibility index (Phi) is 4.10. The summed E-state index contributed by atoms with van der Waals surface area (Å²) in [5.74, 6) is -0.450. The van der Waals surface area contributed by atoms with Crippen molar-refractivity contribution < 1.29 is 9.53 Å². The first-order valence-corrected chi connectivity index (χ1v) is 7.71. The maximum absolute atomic E-state index is 12.2. The summed E-state index contributed by atoms with van der Waals surface area (Å²) in [6.45, 7) is 0.110. The molecule has 0 aliphatic heterocycles. The van der Waals surface area contributed by atoms with Crippen molar-refractivity contribution in [3.05, 3.63) is 69.6 Å². The summed E-state index contributed by atoms with van der Waals surface area (Å²) >= 11 is 7.56. The molecule has 3 rings (SSSR count). The first-order chi connectivity index (χ1) is 10.7. The van der Waals surface area contributed by atoms with Gasteiger partial charge in [0.1, 0.15) is 11.5 Å². The van der Waals surface area contributed by atoms with Crippen LogP contribution in [0.15, 0.2) is 48.5 Å². The molecule has 108 valence electrons. The molecule has 0 bridgehead atoms. The van der Waals surface area contributed by atoms with Gasteiger partial charge in [0, 0.05) is 10.1 Å². The zero-order valence-corrected chi connectivity index (χ0v) is 12.9. The Morgan fingerprint density at radius 2 is 2.05 bits per heavy atom. The SMILES string of the molecule is N#Cc1cccc(COC(=O)c2sc3ccccc3c2Cl)c1. The molecule has 0 aliphatic rings. The Bertz CT molecular complexity index is 895. The Balaban J connectivity index is 1.79. The number of halogens is 1. The number of carbonyl (C=O) groups excluding carboxylic acids is 1. The maximum Gasteiger partial charge on any atom is 0.350 e. The highest BCUT2D eigenvalue weighted by atomic mass is 35.5. The summed E-state index contributed by atoms with van der Waals surface area (Å²) in [6, 6.07) is 16.6. The molecule has 0 unspecified atom stereocenters. The van der Waals surface area contributed by atoms with E-state index in [0.717, 1.165) is 15.6 Å². The molecule has 2 aromatic carbocycles. The molecule has 0 N–H and O–H groups in total. The summed E-state index contributed by atoms with van der Waals surface area (Å²) in [7, 11) is 0. The molecule has 0 amide bonds. The number of carbonyl (C=O) groups is 1. The molecule has 3 aromatic rings. The predicted octanol–water partition coefficient (Wildman–Crippen LogP) is 4.78. The van der Waals surface area contributed by atoms with E-state index in [-0.39, 0.29) is 6.61 Å². The fourth-order valence-electron chi connectivity index (χ4n) is 2.09. The molecule has 0 radical (unpaired) electrons. The Hall–Kier alpha value is -2.35. The molecule has 5 heteroatoms. The standard InChI is InChI=1S/C17H10ClNO2S/c18-15-13-6-1-2-7-14(13)22-16(15)17(20)21-10-12-5-3-4-11(8-12)9-19/h1-8H,10H2. The average molecular weight is 328 g/mol. The lowest BCUT2D eigenvalue weighted by atomic mass is 10.1. The molecule has 0 fully saturated rings. The number of nitrogens with zero attached hydrogens (tertiary/aromatic N) is 1. The minimum atomic E-state index is -0.450. The van der Waals surface area contributed by atoms with Crippen molar-refractivity contribution >= 4 is 39.0 Å². The molecule has 3 nitrogen and oxygen atoms in total. The van der Waals surface area contributed by atoms with Crippen LogP contribution < -0.4 is 0 Å². The Morgan fingerprint density at radius 1 is 1.23 bits per heavy atom. The van der Waals surface area contributed by atoms with E-state index in [2.05, 4.69) is 6.07 Å². The Morgan fingerprint density at radius 3 is 2.82 bits per heavy atom. The first-order valence-electron chi connectivity index (χ1n) is 6.52. The number of fused-ring (bicyclic) bond motifs is 1. The number of hydrogen-bond acceptors (Lipinski definition) is 4. The normalized spacial score (nSPS) is 10.4. The van der Waals surface area contributed by atoms with Crippen LogP contribution in [0.4, 0.5) is 0 Å². The van der Waals surface area contributed by atoms with Crippen molar-refractivity contribution in [1.29, 1.82) is 5.26 Å². The number of rotatable bonds is 3. The molecule has 0 spiro atoms. The lowest BCUT2D eigenvalue weighted by Crippen LogP contribution is -2.03. The van der Waals surface area contributed by atoms with E-state index >= 15 is 0 Å². The largest absolute Gasteiger partial charge is 0.457 e. The van der Waals surface area contributed by atoms with Crippen molar-refractivity contribution in [2.75, 3.05) is 0 Å². The number of benzene rings is 2.